The monoisotopic (exact) mass is 356 g/mol. The zero-order valence-corrected chi connectivity index (χ0v) is 15.8. The Kier molecular flexibility index (Phi) is 5.32. The van der Waals surface area contributed by atoms with Crippen LogP contribution in [-0.4, -0.2) is 45.5 Å². The van der Waals surface area contributed by atoms with E-state index in [2.05, 4.69) is 10.4 Å². The summed E-state index contributed by atoms with van der Waals surface area (Å²) >= 11 is 0. The number of amides is 2. The number of benzene rings is 1. The molecule has 0 bridgehead atoms. The van der Waals surface area contributed by atoms with Gasteiger partial charge in [-0.1, -0.05) is 30.3 Å². The average Bonchev–Trinajstić information content (AvgIpc) is 2.88. The van der Waals surface area contributed by atoms with E-state index in [1.54, 1.807) is 4.90 Å². The standard InChI is InChI=1S/C20H28N4O2/c1-15-18(16(2)23(3)22-15)10-12-21-19(25)24-13-7-11-20(26,14-24)17-8-5-4-6-9-17/h4-6,8-9,26H,7,10-14H2,1-3H3,(H,21,25). The van der Waals surface area contributed by atoms with Gasteiger partial charge in [-0.05, 0) is 44.2 Å². The lowest BCUT2D eigenvalue weighted by Crippen LogP contribution is -2.51. The number of urea groups is 1. The first-order valence-corrected chi connectivity index (χ1v) is 9.20. The van der Waals surface area contributed by atoms with Gasteiger partial charge in [-0.25, -0.2) is 4.79 Å². The van der Waals surface area contributed by atoms with Crippen molar-refractivity contribution >= 4 is 6.03 Å². The van der Waals surface area contributed by atoms with Crippen molar-refractivity contribution in [1.82, 2.24) is 20.0 Å². The molecule has 1 atom stereocenters. The van der Waals surface area contributed by atoms with Crippen molar-refractivity contribution in [2.75, 3.05) is 19.6 Å². The lowest BCUT2D eigenvalue weighted by molar-refractivity contribution is -0.0230. The van der Waals surface area contributed by atoms with Crippen molar-refractivity contribution in [3.8, 4) is 0 Å². The van der Waals surface area contributed by atoms with Crippen LogP contribution in [-0.2, 0) is 19.1 Å². The number of aromatic nitrogens is 2. The molecule has 26 heavy (non-hydrogen) atoms. The van der Waals surface area contributed by atoms with Crippen LogP contribution in [0.25, 0.3) is 0 Å². The molecule has 1 aromatic heterocycles. The smallest absolute Gasteiger partial charge is 0.317 e. The van der Waals surface area contributed by atoms with Crippen LogP contribution in [0.2, 0.25) is 0 Å². The molecule has 2 aromatic rings. The molecule has 1 fully saturated rings. The van der Waals surface area contributed by atoms with Gasteiger partial charge < -0.3 is 15.3 Å². The Balaban J connectivity index is 1.58. The van der Waals surface area contributed by atoms with Crippen LogP contribution in [0.15, 0.2) is 30.3 Å². The Morgan fingerprint density at radius 1 is 1.31 bits per heavy atom. The van der Waals surface area contributed by atoms with Crippen molar-refractivity contribution in [2.45, 2.75) is 38.7 Å². The second-order valence-corrected chi connectivity index (χ2v) is 7.18. The number of likely N-dealkylation sites (tertiary alicyclic amines) is 1. The fourth-order valence-corrected chi connectivity index (χ4v) is 3.78. The summed E-state index contributed by atoms with van der Waals surface area (Å²) in [6, 6.07) is 9.52. The molecule has 0 radical (unpaired) electrons. The van der Waals surface area contributed by atoms with Crippen LogP contribution in [0.5, 0.6) is 0 Å². The molecule has 0 spiro atoms. The van der Waals surface area contributed by atoms with Crippen molar-refractivity contribution in [2.24, 2.45) is 7.05 Å². The number of aryl methyl sites for hydroxylation is 2. The fraction of sp³-hybridized carbons (Fsp3) is 0.500. The number of nitrogens with zero attached hydrogens (tertiary/aromatic N) is 3. The van der Waals surface area contributed by atoms with Crippen LogP contribution in [0.4, 0.5) is 4.79 Å². The predicted octanol–water partition coefficient (Wildman–Crippen LogP) is 2.27. The van der Waals surface area contributed by atoms with Gasteiger partial charge in [0.2, 0.25) is 0 Å². The van der Waals surface area contributed by atoms with Crippen LogP contribution in [0, 0.1) is 13.8 Å². The third kappa shape index (κ3) is 3.75. The van der Waals surface area contributed by atoms with E-state index in [1.165, 1.54) is 5.56 Å². The maximum atomic E-state index is 12.6. The highest BCUT2D eigenvalue weighted by Crippen LogP contribution is 2.31. The van der Waals surface area contributed by atoms with Gasteiger partial charge in [0, 0.05) is 25.8 Å². The Labute approximate surface area is 154 Å². The lowest BCUT2D eigenvalue weighted by atomic mass is 9.86. The van der Waals surface area contributed by atoms with E-state index < -0.39 is 5.60 Å². The molecule has 1 aromatic carbocycles. The van der Waals surface area contributed by atoms with Gasteiger partial charge in [0.05, 0.1) is 12.2 Å². The van der Waals surface area contributed by atoms with Gasteiger partial charge in [0.1, 0.15) is 5.60 Å². The predicted molar refractivity (Wildman–Crippen MR) is 101 cm³/mol. The molecular formula is C20H28N4O2. The van der Waals surface area contributed by atoms with Crippen LogP contribution in [0.1, 0.15) is 35.4 Å². The zero-order chi connectivity index (χ0) is 18.7. The summed E-state index contributed by atoms with van der Waals surface area (Å²) in [6.45, 7) is 5.60. The zero-order valence-electron chi connectivity index (χ0n) is 15.8. The highest BCUT2D eigenvalue weighted by atomic mass is 16.3. The molecule has 1 aliphatic heterocycles. The van der Waals surface area contributed by atoms with Crippen LogP contribution >= 0.6 is 0 Å². The van der Waals surface area contributed by atoms with Gasteiger partial charge in [-0.2, -0.15) is 5.10 Å². The highest BCUT2D eigenvalue weighted by Gasteiger charge is 2.36. The minimum Gasteiger partial charge on any atom is -0.383 e. The van der Waals surface area contributed by atoms with Crippen molar-refractivity contribution in [3.05, 3.63) is 52.8 Å². The number of hydrogen-bond donors (Lipinski definition) is 2. The average molecular weight is 356 g/mol. The van der Waals surface area contributed by atoms with Gasteiger partial charge in [0.15, 0.2) is 0 Å². The maximum absolute atomic E-state index is 12.6. The molecule has 6 nitrogen and oxygen atoms in total. The van der Waals surface area contributed by atoms with E-state index in [1.807, 2.05) is 55.9 Å². The third-order valence-corrected chi connectivity index (χ3v) is 5.38. The van der Waals surface area contributed by atoms with Crippen molar-refractivity contribution in [3.63, 3.8) is 0 Å². The Morgan fingerprint density at radius 2 is 2.04 bits per heavy atom. The molecule has 2 amide bonds. The van der Waals surface area contributed by atoms with Crippen molar-refractivity contribution < 1.29 is 9.90 Å². The Bertz CT molecular complexity index is 772. The SMILES string of the molecule is Cc1nn(C)c(C)c1CCNC(=O)N1CCCC(O)(c2ccccc2)C1. The minimum atomic E-state index is -0.965. The Hall–Kier alpha value is -2.34. The van der Waals surface area contributed by atoms with E-state index >= 15 is 0 Å². The molecule has 1 unspecified atom stereocenters. The number of carbonyl (C=O) groups is 1. The molecule has 0 saturated carbocycles. The fourth-order valence-electron chi connectivity index (χ4n) is 3.78. The number of carbonyl (C=O) groups excluding carboxylic acids is 1. The first-order chi connectivity index (χ1) is 12.4. The number of piperidine rings is 1. The molecular weight excluding hydrogens is 328 g/mol. The summed E-state index contributed by atoms with van der Waals surface area (Å²) in [4.78, 5) is 14.3. The molecule has 140 valence electrons. The van der Waals surface area contributed by atoms with E-state index in [9.17, 15) is 9.90 Å². The molecule has 2 heterocycles. The Morgan fingerprint density at radius 3 is 2.69 bits per heavy atom. The quantitative estimate of drug-likeness (QED) is 0.883. The minimum absolute atomic E-state index is 0.113. The summed E-state index contributed by atoms with van der Waals surface area (Å²) in [5.41, 5.74) is 3.24. The first-order valence-electron chi connectivity index (χ1n) is 9.20. The number of nitrogens with one attached hydrogen (secondary N) is 1. The summed E-state index contributed by atoms with van der Waals surface area (Å²) in [7, 11) is 1.93. The van der Waals surface area contributed by atoms with Gasteiger partial charge >= 0.3 is 6.03 Å². The number of aliphatic hydroxyl groups is 1. The number of hydrogen-bond acceptors (Lipinski definition) is 3. The molecule has 1 saturated heterocycles. The van der Waals surface area contributed by atoms with Crippen molar-refractivity contribution in [1.29, 1.82) is 0 Å². The van der Waals surface area contributed by atoms with Gasteiger partial charge in [-0.15, -0.1) is 0 Å². The second kappa shape index (κ2) is 7.50. The first kappa shape index (κ1) is 18.5. The summed E-state index contributed by atoms with van der Waals surface area (Å²) in [5, 5.41) is 18.4. The number of β-amino-alcohol motifs (C(OH)–C–C–N with tert-alkyl or cyclic N) is 1. The van der Waals surface area contributed by atoms with E-state index in [0.29, 0.717) is 26.1 Å². The molecule has 2 N–H and O–H groups in total. The summed E-state index contributed by atoms with van der Waals surface area (Å²) in [5.74, 6) is 0. The highest BCUT2D eigenvalue weighted by molar-refractivity contribution is 5.74. The molecule has 3 rings (SSSR count). The molecule has 1 aliphatic rings. The van der Waals surface area contributed by atoms with Crippen LogP contribution in [0.3, 0.4) is 0 Å². The third-order valence-electron chi connectivity index (χ3n) is 5.38. The largest absolute Gasteiger partial charge is 0.383 e. The normalized spacial score (nSPS) is 20.2. The number of rotatable bonds is 4. The summed E-state index contributed by atoms with van der Waals surface area (Å²) < 4.78 is 1.87. The van der Waals surface area contributed by atoms with E-state index in [-0.39, 0.29) is 6.03 Å². The molecule has 0 aliphatic carbocycles. The lowest BCUT2D eigenvalue weighted by Gasteiger charge is -2.39. The summed E-state index contributed by atoms with van der Waals surface area (Å²) in [6.07, 6.45) is 2.22. The van der Waals surface area contributed by atoms with Gasteiger partial charge in [-0.3, -0.25) is 4.68 Å². The second-order valence-electron chi connectivity index (χ2n) is 7.18. The van der Waals surface area contributed by atoms with Gasteiger partial charge in [0.25, 0.3) is 0 Å². The van der Waals surface area contributed by atoms with E-state index in [4.69, 9.17) is 0 Å². The van der Waals surface area contributed by atoms with E-state index in [0.717, 1.165) is 29.8 Å². The molecule has 6 heteroatoms. The van der Waals surface area contributed by atoms with Crippen LogP contribution < -0.4 is 5.32 Å². The topological polar surface area (TPSA) is 70.4 Å². The maximum Gasteiger partial charge on any atom is 0.317 e.